The van der Waals surface area contributed by atoms with Gasteiger partial charge < -0.3 is 4.74 Å². The van der Waals surface area contributed by atoms with E-state index in [2.05, 4.69) is 4.98 Å². The molecule has 1 aromatic carbocycles. The van der Waals surface area contributed by atoms with Crippen LogP contribution in [-0.2, 0) is 0 Å². The Morgan fingerprint density at radius 2 is 2.12 bits per heavy atom. The van der Waals surface area contributed by atoms with Crippen molar-refractivity contribution in [2.45, 2.75) is 20.3 Å². The molecule has 0 saturated heterocycles. The molecular weight excluding hydrogens is 205 g/mol. The number of ether oxygens (including phenoxy) is 1. The lowest BCUT2D eigenvalue weighted by Gasteiger charge is -2.09. The largest absolute Gasteiger partial charge is 0.493 e. The van der Waals surface area contributed by atoms with E-state index >= 15 is 0 Å². The molecule has 0 spiro atoms. The van der Waals surface area contributed by atoms with Crippen LogP contribution in [0.2, 0.25) is 0 Å². The number of pyridine rings is 1. The van der Waals surface area contributed by atoms with Crippen LogP contribution in [0.1, 0.15) is 19.0 Å². The van der Waals surface area contributed by atoms with E-state index in [-0.39, 0.29) is 5.82 Å². The van der Waals surface area contributed by atoms with Crippen molar-refractivity contribution < 1.29 is 9.13 Å². The number of benzene rings is 1. The van der Waals surface area contributed by atoms with Crippen molar-refractivity contribution in [3.63, 3.8) is 0 Å². The molecule has 1 heterocycles. The van der Waals surface area contributed by atoms with Gasteiger partial charge in [-0.25, -0.2) is 4.39 Å². The Bertz CT molecular complexity index is 511. The smallest absolute Gasteiger partial charge is 0.130 e. The Morgan fingerprint density at radius 1 is 1.31 bits per heavy atom. The second kappa shape index (κ2) is 4.47. The quantitative estimate of drug-likeness (QED) is 0.788. The zero-order valence-electron chi connectivity index (χ0n) is 9.46. The molecule has 0 bridgehead atoms. The minimum atomic E-state index is -0.264. The third-order valence-electron chi connectivity index (χ3n) is 2.32. The molecule has 0 unspecified atom stereocenters. The van der Waals surface area contributed by atoms with Gasteiger partial charge in [0.1, 0.15) is 11.6 Å². The number of nitrogens with zero attached hydrogens (tertiary/aromatic N) is 1. The molecular formula is C13H14FNO. The second-order valence-corrected chi connectivity index (χ2v) is 3.77. The van der Waals surface area contributed by atoms with Gasteiger partial charge in [-0.05, 0) is 31.5 Å². The Kier molecular flexibility index (Phi) is 3.04. The molecule has 84 valence electrons. The number of fused-ring (bicyclic) bond motifs is 1. The first-order chi connectivity index (χ1) is 7.70. The molecule has 2 aromatic rings. The first kappa shape index (κ1) is 10.9. The fourth-order valence-corrected chi connectivity index (χ4v) is 1.62. The Morgan fingerprint density at radius 3 is 2.88 bits per heavy atom. The molecule has 2 nitrogen and oxygen atoms in total. The van der Waals surface area contributed by atoms with Gasteiger partial charge in [-0.3, -0.25) is 4.98 Å². The Balaban J connectivity index is 2.55. The summed E-state index contributed by atoms with van der Waals surface area (Å²) in [4.78, 5) is 4.34. The van der Waals surface area contributed by atoms with Crippen LogP contribution in [0.4, 0.5) is 4.39 Å². The second-order valence-electron chi connectivity index (χ2n) is 3.77. The highest BCUT2D eigenvalue weighted by molar-refractivity contribution is 5.85. The fourth-order valence-electron chi connectivity index (χ4n) is 1.62. The van der Waals surface area contributed by atoms with Gasteiger partial charge in [0.15, 0.2) is 0 Å². The van der Waals surface area contributed by atoms with Crippen LogP contribution in [-0.4, -0.2) is 11.6 Å². The average Bonchev–Trinajstić information content (AvgIpc) is 2.26. The third kappa shape index (κ3) is 2.13. The van der Waals surface area contributed by atoms with Crippen LogP contribution < -0.4 is 4.74 Å². The van der Waals surface area contributed by atoms with Crippen LogP contribution in [0.15, 0.2) is 24.3 Å². The van der Waals surface area contributed by atoms with E-state index in [0.29, 0.717) is 12.4 Å². The highest BCUT2D eigenvalue weighted by Crippen LogP contribution is 2.26. The molecule has 0 radical (unpaired) electrons. The molecule has 16 heavy (non-hydrogen) atoms. The van der Waals surface area contributed by atoms with Crippen molar-refractivity contribution in [1.82, 2.24) is 4.98 Å². The van der Waals surface area contributed by atoms with E-state index in [1.54, 1.807) is 6.07 Å². The zero-order chi connectivity index (χ0) is 11.5. The maximum atomic E-state index is 13.2. The van der Waals surface area contributed by atoms with Gasteiger partial charge >= 0.3 is 0 Å². The summed E-state index contributed by atoms with van der Waals surface area (Å²) in [5, 5.41) is 0.735. The molecule has 0 saturated carbocycles. The van der Waals surface area contributed by atoms with Crippen molar-refractivity contribution in [3.05, 3.63) is 35.8 Å². The summed E-state index contributed by atoms with van der Waals surface area (Å²) in [6, 6.07) is 6.40. The van der Waals surface area contributed by atoms with Crippen LogP contribution in [0, 0.1) is 12.7 Å². The fraction of sp³-hybridized carbons (Fsp3) is 0.308. The predicted octanol–water partition coefficient (Wildman–Crippen LogP) is 3.47. The number of hydrogen-bond donors (Lipinski definition) is 0. The summed E-state index contributed by atoms with van der Waals surface area (Å²) in [5.41, 5.74) is 1.65. The number of halogens is 1. The molecule has 0 aliphatic heterocycles. The monoisotopic (exact) mass is 219 g/mol. The SMILES string of the molecule is CCCOc1cc(C)nc2ccc(F)cc12. The van der Waals surface area contributed by atoms with Crippen LogP contribution >= 0.6 is 0 Å². The Hall–Kier alpha value is -1.64. The first-order valence-corrected chi connectivity index (χ1v) is 5.40. The van der Waals surface area contributed by atoms with Gasteiger partial charge in [0.05, 0.1) is 12.1 Å². The van der Waals surface area contributed by atoms with Crippen LogP contribution in [0.5, 0.6) is 5.75 Å². The number of aryl methyl sites for hydroxylation is 1. The van der Waals surface area contributed by atoms with Crippen molar-refractivity contribution in [1.29, 1.82) is 0 Å². The van der Waals surface area contributed by atoms with Gasteiger partial charge in [-0.15, -0.1) is 0 Å². The van der Waals surface area contributed by atoms with Crippen LogP contribution in [0.25, 0.3) is 10.9 Å². The summed E-state index contributed by atoms with van der Waals surface area (Å²) >= 11 is 0. The minimum absolute atomic E-state index is 0.264. The minimum Gasteiger partial charge on any atom is -0.493 e. The van der Waals surface area contributed by atoms with Gasteiger partial charge in [-0.2, -0.15) is 0 Å². The predicted molar refractivity (Wildman–Crippen MR) is 62.2 cm³/mol. The maximum Gasteiger partial charge on any atom is 0.130 e. The molecule has 0 aliphatic carbocycles. The zero-order valence-corrected chi connectivity index (χ0v) is 9.46. The van der Waals surface area contributed by atoms with Gasteiger partial charge in [0.25, 0.3) is 0 Å². The van der Waals surface area contributed by atoms with Crippen molar-refractivity contribution >= 4 is 10.9 Å². The van der Waals surface area contributed by atoms with Gasteiger partial charge in [0, 0.05) is 17.1 Å². The molecule has 3 heteroatoms. The summed E-state index contributed by atoms with van der Waals surface area (Å²) in [5.74, 6) is 0.448. The third-order valence-corrected chi connectivity index (χ3v) is 2.32. The summed E-state index contributed by atoms with van der Waals surface area (Å²) < 4.78 is 18.8. The lowest BCUT2D eigenvalue weighted by molar-refractivity contribution is 0.320. The van der Waals surface area contributed by atoms with E-state index in [4.69, 9.17) is 4.74 Å². The molecule has 0 amide bonds. The molecule has 2 rings (SSSR count). The van der Waals surface area contributed by atoms with Crippen LogP contribution in [0.3, 0.4) is 0 Å². The van der Waals surface area contributed by atoms with E-state index in [0.717, 1.165) is 23.0 Å². The molecule has 0 N–H and O–H groups in total. The lowest BCUT2D eigenvalue weighted by Crippen LogP contribution is -1.97. The highest BCUT2D eigenvalue weighted by Gasteiger charge is 2.06. The van der Waals surface area contributed by atoms with E-state index in [1.165, 1.54) is 12.1 Å². The van der Waals surface area contributed by atoms with Crippen molar-refractivity contribution in [3.8, 4) is 5.75 Å². The number of rotatable bonds is 3. The summed E-state index contributed by atoms with van der Waals surface area (Å²) in [7, 11) is 0. The summed E-state index contributed by atoms with van der Waals surface area (Å²) in [6.45, 7) is 4.58. The molecule has 0 fully saturated rings. The average molecular weight is 219 g/mol. The Labute approximate surface area is 94.1 Å². The first-order valence-electron chi connectivity index (χ1n) is 5.40. The number of hydrogen-bond acceptors (Lipinski definition) is 2. The number of aromatic nitrogens is 1. The maximum absolute atomic E-state index is 13.2. The normalized spacial score (nSPS) is 10.7. The van der Waals surface area contributed by atoms with E-state index in [9.17, 15) is 4.39 Å². The van der Waals surface area contributed by atoms with Gasteiger partial charge in [0.2, 0.25) is 0 Å². The van der Waals surface area contributed by atoms with Crippen molar-refractivity contribution in [2.24, 2.45) is 0 Å². The highest BCUT2D eigenvalue weighted by atomic mass is 19.1. The molecule has 0 atom stereocenters. The molecule has 0 aliphatic rings. The topological polar surface area (TPSA) is 22.1 Å². The van der Waals surface area contributed by atoms with E-state index < -0.39 is 0 Å². The standard InChI is InChI=1S/C13H14FNO/c1-3-6-16-13-7-9(2)15-12-5-4-10(14)8-11(12)13/h4-5,7-8H,3,6H2,1-2H3. The summed E-state index contributed by atoms with van der Waals surface area (Å²) in [6.07, 6.45) is 0.929. The van der Waals surface area contributed by atoms with Crippen molar-refractivity contribution in [2.75, 3.05) is 6.61 Å². The lowest BCUT2D eigenvalue weighted by atomic mass is 10.2. The van der Waals surface area contributed by atoms with Gasteiger partial charge in [-0.1, -0.05) is 6.92 Å². The van der Waals surface area contributed by atoms with E-state index in [1.807, 2.05) is 19.9 Å². The molecule has 1 aromatic heterocycles.